The van der Waals surface area contributed by atoms with Crippen LogP contribution in [0.2, 0.25) is 0 Å². The van der Waals surface area contributed by atoms with Crippen molar-refractivity contribution in [3.8, 4) is 0 Å². The summed E-state index contributed by atoms with van der Waals surface area (Å²) >= 11 is 0. The van der Waals surface area contributed by atoms with E-state index in [1.807, 2.05) is 0 Å². The van der Waals surface area contributed by atoms with Crippen LogP contribution in [0.15, 0.2) is 0 Å². The highest BCUT2D eigenvalue weighted by atomic mass is 16.5. The second kappa shape index (κ2) is 5.49. The first-order chi connectivity index (χ1) is 7.86. The predicted octanol–water partition coefficient (Wildman–Crippen LogP) is 0.572. The number of methoxy groups -OCH3 is 1. The van der Waals surface area contributed by atoms with Gasteiger partial charge in [0.15, 0.2) is 0 Å². The number of esters is 1. The molecule has 0 aromatic rings. The molecule has 1 aliphatic rings. The number of hydrogen-bond donors (Lipinski definition) is 2. The van der Waals surface area contributed by atoms with Gasteiger partial charge in [0.05, 0.1) is 7.11 Å². The normalized spacial score (nSPS) is 24.5. The lowest BCUT2D eigenvalue weighted by molar-refractivity contribution is -0.149. The minimum atomic E-state index is -0.978. The zero-order chi connectivity index (χ0) is 13.1. The first kappa shape index (κ1) is 14.0. The molecule has 0 heterocycles. The van der Waals surface area contributed by atoms with Crippen molar-refractivity contribution in [2.75, 3.05) is 7.11 Å². The topological polar surface area (TPSA) is 81.4 Å². The van der Waals surface area contributed by atoms with Crippen LogP contribution < -0.4 is 11.1 Å². The van der Waals surface area contributed by atoms with Crippen LogP contribution in [0.5, 0.6) is 0 Å². The van der Waals surface area contributed by atoms with Crippen molar-refractivity contribution in [1.29, 1.82) is 0 Å². The summed E-state index contributed by atoms with van der Waals surface area (Å²) in [6.07, 6.45) is 3.45. The summed E-state index contributed by atoms with van der Waals surface area (Å²) in [4.78, 5) is 23.2. The molecule has 0 saturated heterocycles. The van der Waals surface area contributed by atoms with Gasteiger partial charge in [-0.05, 0) is 32.6 Å². The SMILES string of the molecule is COC(=O)C(C)(C)NC(=O)C[C@@H]1CCC[C@H]1N. The molecule has 3 N–H and O–H groups in total. The number of carbonyl (C=O) groups is 2. The minimum Gasteiger partial charge on any atom is -0.467 e. The molecule has 0 aromatic carbocycles. The number of hydrogen-bond acceptors (Lipinski definition) is 4. The summed E-state index contributed by atoms with van der Waals surface area (Å²) in [5.41, 5.74) is 4.93. The van der Waals surface area contributed by atoms with E-state index in [0.717, 1.165) is 19.3 Å². The number of nitrogens with one attached hydrogen (secondary N) is 1. The van der Waals surface area contributed by atoms with Gasteiger partial charge in [-0.15, -0.1) is 0 Å². The van der Waals surface area contributed by atoms with Crippen molar-refractivity contribution in [3.63, 3.8) is 0 Å². The Morgan fingerprint density at radius 1 is 1.41 bits per heavy atom. The van der Waals surface area contributed by atoms with Gasteiger partial charge in [0.25, 0.3) is 0 Å². The van der Waals surface area contributed by atoms with Crippen molar-refractivity contribution in [1.82, 2.24) is 5.32 Å². The van der Waals surface area contributed by atoms with E-state index in [2.05, 4.69) is 10.1 Å². The second-order valence-electron chi connectivity index (χ2n) is 5.22. The molecule has 5 heteroatoms. The van der Waals surface area contributed by atoms with Crippen LogP contribution in [0.3, 0.4) is 0 Å². The summed E-state index contributed by atoms with van der Waals surface area (Å²) in [5.74, 6) is -0.340. The molecule has 1 fully saturated rings. The maximum Gasteiger partial charge on any atom is 0.330 e. The predicted molar refractivity (Wildman–Crippen MR) is 64.2 cm³/mol. The van der Waals surface area contributed by atoms with Crippen LogP contribution in [0, 0.1) is 5.92 Å². The molecule has 5 nitrogen and oxygen atoms in total. The zero-order valence-electron chi connectivity index (χ0n) is 10.8. The molecule has 0 bridgehead atoms. The Balaban J connectivity index is 2.46. The maximum absolute atomic E-state index is 11.8. The van der Waals surface area contributed by atoms with E-state index in [4.69, 9.17) is 5.73 Å². The van der Waals surface area contributed by atoms with E-state index in [0.29, 0.717) is 6.42 Å². The third kappa shape index (κ3) is 3.70. The quantitative estimate of drug-likeness (QED) is 0.706. The van der Waals surface area contributed by atoms with Crippen LogP contribution in [0.4, 0.5) is 0 Å². The van der Waals surface area contributed by atoms with Crippen LogP contribution in [-0.2, 0) is 14.3 Å². The van der Waals surface area contributed by atoms with Gasteiger partial charge in [-0.3, -0.25) is 4.79 Å². The first-order valence-corrected chi connectivity index (χ1v) is 6.02. The van der Waals surface area contributed by atoms with Gasteiger partial charge >= 0.3 is 5.97 Å². The average Bonchev–Trinajstić information content (AvgIpc) is 2.62. The summed E-state index contributed by atoms with van der Waals surface area (Å²) in [5, 5.41) is 2.69. The second-order valence-corrected chi connectivity index (χ2v) is 5.22. The third-order valence-electron chi connectivity index (χ3n) is 3.31. The molecule has 1 rings (SSSR count). The highest BCUT2D eigenvalue weighted by molar-refractivity contribution is 5.87. The Kier molecular flexibility index (Phi) is 4.51. The van der Waals surface area contributed by atoms with Gasteiger partial charge in [0, 0.05) is 12.5 Å². The lowest BCUT2D eigenvalue weighted by atomic mass is 9.98. The molecule has 0 aliphatic heterocycles. The molecule has 0 aromatic heterocycles. The summed E-state index contributed by atoms with van der Waals surface area (Å²) in [6, 6.07) is 0.113. The smallest absolute Gasteiger partial charge is 0.330 e. The molecule has 2 atom stereocenters. The maximum atomic E-state index is 11.8. The van der Waals surface area contributed by atoms with Gasteiger partial charge in [0.2, 0.25) is 5.91 Å². The largest absolute Gasteiger partial charge is 0.467 e. The van der Waals surface area contributed by atoms with Crippen LogP contribution >= 0.6 is 0 Å². The van der Waals surface area contributed by atoms with E-state index in [1.54, 1.807) is 13.8 Å². The molecule has 1 aliphatic carbocycles. The van der Waals surface area contributed by atoms with Gasteiger partial charge in [-0.2, -0.15) is 0 Å². The molecule has 0 radical (unpaired) electrons. The Morgan fingerprint density at radius 2 is 2.06 bits per heavy atom. The third-order valence-corrected chi connectivity index (χ3v) is 3.31. The van der Waals surface area contributed by atoms with Gasteiger partial charge in [-0.25, -0.2) is 4.79 Å². The zero-order valence-corrected chi connectivity index (χ0v) is 10.8. The summed E-state index contributed by atoms with van der Waals surface area (Å²) in [7, 11) is 1.31. The first-order valence-electron chi connectivity index (χ1n) is 6.02. The summed E-state index contributed by atoms with van der Waals surface area (Å²) in [6.45, 7) is 3.26. The van der Waals surface area contributed by atoms with E-state index in [-0.39, 0.29) is 17.9 Å². The summed E-state index contributed by atoms with van der Waals surface area (Å²) < 4.78 is 4.63. The standard InChI is InChI=1S/C12H22N2O3/c1-12(2,11(16)17-3)14-10(15)7-8-5-4-6-9(8)13/h8-9H,4-7,13H2,1-3H3,(H,14,15)/t8-,9+/m0/s1. The lowest BCUT2D eigenvalue weighted by Crippen LogP contribution is -2.51. The Hall–Kier alpha value is -1.10. The van der Waals surface area contributed by atoms with Crippen molar-refractivity contribution < 1.29 is 14.3 Å². The fourth-order valence-corrected chi connectivity index (χ4v) is 2.26. The van der Waals surface area contributed by atoms with E-state index in [9.17, 15) is 9.59 Å². The van der Waals surface area contributed by atoms with Gasteiger partial charge in [-0.1, -0.05) is 6.42 Å². The minimum absolute atomic E-state index is 0.113. The lowest BCUT2D eigenvalue weighted by Gasteiger charge is -2.24. The molecule has 0 spiro atoms. The van der Waals surface area contributed by atoms with Crippen molar-refractivity contribution in [2.45, 2.75) is 51.1 Å². The number of amides is 1. The molecule has 1 saturated carbocycles. The Labute approximate surface area is 102 Å². The number of nitrogens with two attached hydrogens (primary N) is 1. The number of ether oxygens (including phenoxy) is 1. The molecule has 17 heavy (non-hydrogen) atoms. The van der Waals surface area contributed by atoms with Crippen LogP contribution in [0.1, 0.15) is 39.5 Å². The average molecular weight is 242 g/mol. The Morgan fingerprint density at radius 3 is 2.53 bits per heavy atom. The van der Waals surface area contributed by atoms with Crippen molar-refractivity contribution in [2.24, 2.45) is 11.7 Å². The van der Waals surface area contributed by atoms with Crippen molar-refractivity contribution >= 4 is 11.9 Å². The number of rotatable bonds is 4. The van der Waals surface area contributed by atoms with Crippen molar-refractivity contribution in [3.05, 3.63) is 0 Å². The molecular weight excluding hydrogens is 220 g/mol. The molecule has 0 unspecified atom stereocenters. The van der Waals surface area contributed by atoms with Crippen LogP contribution in [-0.4, -0.2) is 30.6 Å². The van der Waals surface area contributed by atoms with Gasteiger partial charge in [0.1, 0.15) is 5.54 Å². The fraction of sp³-hybridized carbons (Fsp3) is 0.833. The van der Waals surface area contributed by atoms with E-state index >= 15 is 0 Å². The number of carbonyl (C=O) groups excluding carboxylic acids is 2. The highest BCUT2D eigenvalue weighted by Crippen LogP contribution is 2.26. The van der Waals surface area contributed by atoms with E-state index in [1.165, 1.54) is 7.11 Å². The molecular formula is C12H22N2O3. The monoisotopic (exact) mass is 242 g/mol. The van der Waals surface area contributed by atoms with Gasteiger partial charge < -0.3 is 15.8 Å². The van der Waals surface area contributed by atoms with Crippen LogP contribution in [0.25, 0.3) is 0 Å². The molecule has 1 amide bonds. The molecule has 98 valence electrons. The van der Waals surface area contributed by atoms with E-state index < -0.39 is 11.5 Å². The highest BCUT2D eigenvalue weighted by Gasteiger charge is 2.32. The fourth-order valence-electron chi connectivity index (χ4n) is 2.26. The Bertz CT molecular complexity index is 302.